The molecule has 44 nitrogen and oxygen atoms in total. The molecule has 0 amide bonds. The zero-order valence-corrected chi connectivity index (χ0v) is 75.9. The second kappa shape index (κ2) is 46.9. The number of ketones is 4. The first-order valence-electron chi connectivity index (χ1n) is 38.8. The van der Waals surface area contributed by atoms with Gasteiger partial charge in [-0.05, 0) is 114 Å². The van der Waals surface area contributed by atoms with Crippen LogP contribution in [0.3, 0.4) is 0 Å². The first-order chi connectivity index (χ1) is 60.3. The lowest BCUT2D eigenvalue weighted by Crippen LogP contribution is -2.32. The smallest absolute Gasteiger partial charge is 0.295 e. The molecular weight excluding hydrogens is 1830 g/mol. The van der Waals surface area contributed by atoms with Gasteiger partial charge in [-0.3, -0.25) is 76.6 Å². The lowest BCUT2D eigenvalue weighted by Gasteiger charge is -2.22. The quantitative estimate of drug-likeness (QED) is 0.0126. The van der Waals surface area contributed by atoms with Gasteiger partial charge in [0.2, 0.25) is 23.8 Å². The van der Waals surface area contributed by atoms with Crippen LogP contribution < -0.4 is 65.5 Å². The van der Waals surface area contributed by atoms with Crippen molar-refractivity contribution in [2.45, 2.75) is 132 Å². The Labute approximate surface area is 736 Å². The lowest BCUT2D eigenvalue weighted by molar-refractivity contribution is -0.119. The SMILES string of the molecule is CC(=O)[C@@H](C)NP(=O)(COCCn1cnc2c(=O)[nH]c(N)nc21)OCc1cccc(Br)c1.CC(=O)[C@@H](C)NP(=O)(COCCn1cnc2c(=O)[nH]c(N)nc21)OCc1cccc(Cl)c1.CC(=O)[C@@H](C)NP(=O)(COCCn1cnc2c(=O)[nH]c(N)nc21)OCc1cccc(F)c1.CC(=O)[C@@H](C)NP(=O)(COCCn1cnc2c(=O)[nH]c(N)nc21)OCc1ccccc1. The monoisotopic (exact) mass is 1920 g/mol. The second-order valence-corrected chi connectivity index (χ2v) is 38.2. The Morgan fingerprint density at radius 3 is 0.961 bits per heavy atom. The summed E-state index contributed by atoms with van der Waals surface area (Å²) in [5, 5.41) is 11.5. The summed E-state index contributed by atoms with van der Waals surface area (Å²) in [7, 11) is -14.1. The normalized spacial score (nSPS) is 14.4. The van der Waals surface area contributed by atoms with Crippen molar-refractivity contribution >= 4 is 149 Å². The number of ether oxygens (including phenoxy) is 4. The second-order valence-electron chi connectivity index (χ2n) is 28.4. The summed E-state index contributed by atoms with van der Waals surface area (Å²) < 4.78 is 119. The van der Waals surface area contributed by atoms with Crippen LogP contribution in [0.1, 0.15) is 77.6 Å². The number of aromatic amines is 4. The number of anilines is 4. The molecule has 4 aromatic carbocycles. The van der Waals surface area contributed by atoms with Crippen LogP contribution in [0.5, 0.6) is 0 Å². The summed E-state index contributed by atoms with van der Waals surface area (Å²) in [5.41, 5.74) is 25.4. The number of rotatable bonds is 44. The molecule has 0 aliphatic rings. The van der Waals surface area contributed by atoms with E-state index in [1.807, 2.05) is 54.6 Å². The number of carbonyl (C=O) groups is 4. The summed E-state index contributed by atoms with van der Waals surface area (Å²) in [5.74, 6) is -1.28. The molecule has 0 bridgehead atoms. The number of aromatic nitrogens is 16. The first kappa shape index (κ1) is 100. The number of hydrogen-bond donors (Lipinski definition) is 12. The van der Waals surface area contributed by atoms with E-state index in [1.165, 1.54) is 71.2 Å². The van der Waals surface area contributed by atoms with Crippen molar-refractivity contribution in [3.05, 3.63) is 207 Å². The summed E-state index contributed by atoms with van der Waals surface area (Å²) in [6, 6.07) is 26.6. The van der Waals surface area contributed by atoms with Crippen LogP contribution in [-0.4, -0.2) is 177 Å². The van der Waals surface area contributed by atoms with E-state index in [0.717, 1.165) is 21.2 Å². The standard InChI is InChI=1S/C19H24BrN6O5P.C19H24ClN6O5P.C19H24FN6O5P.C19H25N6O5P/c3*1-12(13(2)27)25-32(29,31-9-14-4-3-5-15(20)8-14)11-30-7-6-26-10-22-16-17(26)23-19(21)24-18(16)28;1-13(14(2)26)24-31(28,30-10-15-6-4-3-5-7-15)12-29-9-8-25-11-21-16-17(25)22-19(20)23-18(16)27/h3*3-5,8,10,12H,6-7,9,11H2,1-2H3,(H,25,29)(H3,21,23,24,28);3-7,11,13H,8-10,12H2,1-2H3,(H,24,28)(H3,20,22,23,27)/t3*12-,32?;13-,31?/m1111/s1. The van der Waals surface area contributed by atoms with E-state index in [2.05, 4.69) is 96.1 Å². The van der Waals surface area contributed by atoms with Crippen LogP contribution in [0.25, 0.3) is 44.7 Å². The van der Waals surface area contributed by atoms with Gasteiger partial charge < -0.3 is 78.2 Å². The fourth-order valence-corrected chi connectivity index (χ4v) is 18.6. The van der Waals surface area contributed by atoms with Crippen molar-refractivity contribution in [2.75, 3.05) is 74.8 Å². The largest absolute Gasteiger partial charge is 0.369 e. The Bertz CT molecular complexity index is 5830. The Morgan fingerprint density at radius 1 is 0.409 bits per heavy atom. The summed E-state index contributed by atoms with van der Waals surface area (Å²) in [4.78, 5) is 136. The van der Waals surface area contributed by atoms with Crippen LogP contribution in [-0.2, 0) is 127 Å². The van der Waals surface area contributed by atoms with Gasteiger partial charge in [-0.25, -0.2) is 44.7 Å². The Hall–Kier alpha value is -10.7. The third kappa shape index (κ3) is 30.8. The molecule has 12 rings (SSSR count). The number of halogens is 3. The number of hydrogen-bond acceptors (Lipinski definition) is 32. The van der Waals surface area contributed by atoms with Crippen LogP contribution in [0.2, 0.25) is 5.02 Å². The number of benzene rings is 4. The number of Topliss-reactive ketones (excluding diaryl/α,β-unsaturated/α-hetero) is 4. The van der Waals surface area contributed by atoms with Gasteiger partial charge in [-0.2, -0.15) is 19.9 Å². The number of nitrogen functional groups attached to an aromatic ring is 4. The van der Waals surface area contributed by atoms with Gasteiger partial charge in [-0.1, -0.05) is 94.3 Å². The molecule has 8 aromatic heterocycles. The van der Waals surface area contributed by atoms with Crippen LogP contribution in [0.4, 0.5) is 28.2 Å². The van der Waals surface area contributed by atoms with Gasteiger partial charge in [0, 0.05) is 35.7 Å². The molecule has 0 radical (unpaired) electrons. The van der Waals surface area contributed by atoms with Crippen LogP contribution in [0.15, 0.2) is 152 Å². The summed E-state index contributed by atoms with van der Waals surface area (Å²) in [6.45, 7) is 13.7. The van der Waals surface area contributed by atoms with Crippen molar-refractivity contribution in [3.63, 3.8) is 0 Å². The van der Waals surface area contributed by atoms with E-state index >= 15 is 0 Å². The van der Waals surface area contributed by atoms with Crippen LogP contribution in [0, 0.1) is 5.82 Å². The number of H-pyrrole nitrogens is 4. The third-order valence-electron chi connectivity index (χ3n) is 18.2. The van der Waals surface area contributed by atoms with Gasteiger partial charge >= 0.3 is 0 Å². The molecule has 8 atom stereocenters. The number of nitrogens with zero attached hydrogens (tertiary/aromatic N) is 12. The molecule has 127 heavy (non-hydrogen) atoms. The molecule has 4 unspecified atom stereocenters. The predicted octanol–water partition coefficient (Wildman–Crippen LogP) is 8.17. The molecule has 0 saturated carbocycles. The maximum Gasteiger partial charge on any atom is 0.295 e. The van der Waals surface area contributed by atoms with E-state index < -0.39 is 82.3 Å². The molecule has 0 aliphatic heterocycles. The van der Waals surface area contributed by atoms with Crippen LogP contribution >= 0.6 is 57.6 Å². The summed E-state index contributed by atoms with van der Waals surface area (Å²) >= 11 is 9.37. The maximum absolute atomic E-state index is 13.4. The highest BCUT2D eigenvalue weighted by atomic mass is 79.9. The van der Waals surface area contributed by atoms with Gasteiger partial charge in [0.05, 0.1) is 102 Å². The van der Waals surface area contributed by atoms with E-state index in [0.29, 0.717) is 46.3 Å². The van der Waals surface area contributed by atoms with Crippen molar-refractivity contribution < 1.29 is 78.9 Å². The molecule has 51 heteroatoms. The number of imidazole rings is 4. The maximum atomic E-state index is 13.4. The van der Waals surface area contributed by atoms with Gasteiger partial charge in [0.1, 0.15) is 54.3 Å². The molecule has 0 saturated heterocycles. The molecule has 16 N–H and O–H groups in total. The molecule has 682 valence electrons. The number of nitrogens with two attached hydrogens (primary N) is 4. The molecule has 12 aromatic rings. The van der Waals surface area contributed by atoms with E-state index in [1.54, 1.807) is 76.3 Å². The van der Waals surface area contributed by atoms with E-state index in [-0.39, 0.29) is 160 Å². The van der Waals surface area contributed by atoms with Crippen molar-refractivity contribution in [3.8, 4) is 0 Å². The van der Waals surface area contributed by atoms with Gasteiger partial charge in [0.25, 0.3) is 52.3 Å². The Morgan fingerprint density at radius 2 is 0.677 bits per heavy atom. The number of fused-ring (bicyclic) bond motifs is 4. The molecule has 0 aliphatic carbocycles. The topological polar surface area (TPSA) is 617 Å². The predicted molar refractivity (Wildman–Crippen MR) is 475 cm³/mol. The zero-order valence-electron chi connectivity index (χ0n) is 70.0. The molecule has 0 fully saturated rings. The Balaban J connectivity index is 0.000000191. The highest BCUT2D eigenvalue weighted by molar-refractivity contribution is 9.10. The number of nitrogens with one attached hydrogen (secondary N) is 8. The first-order valence-corrected chi connectivity index (χ1v) is 47.2. The fraction of sp³-hybridized carbons (Fsp3) is 0.368. The molecular formula is C76H97BrClFN24O20P4. The van der Waals surface area contributed by atoms with E-state index in [4.69, 9.17) is 71.6 Å². The van der Waals surface area contributed by atoms with Gasteiger partial charge in [0.15, 0.2) is 44.7 Å². The lowest BCUT2D eigenvalue weighted by atomic mass is 10.2. The Kier molecular flexibility index (Phi) is 36.9. The summed E-state index contributed by atoms with van der Waals surface area (Å²) in [6.07, 6.45) is 4.69. The fourth-order valence-electron chi connectivity index (χ4n) is 11.1. The van der Waals surface area contributed by atoms with Crippen molar-refractivity contribution in [2.24, 2.45) is 0 Å². The molecule has 0 spiro atoms. The van der Waals surface area contributed by atoms with Crippen molar-refractivity contribution in [1.82, 2.24) is 98.4 Å². The van der Waals surface area contributed by atoms with Gasteiger partial charge in [-0.15, -0.1) is 0 Å². The third-order valence-corrected chi connectivity index (χ3v) is 26.3. The number of carbonyl (C=O) groups excluding carboxylic acids is 4. The van der Waals surface area contributed by atoms with Crippen molar-refractivity contribution in [1.29, 1.82) is 0 Å². The average molecular weight is 1930 g/mol. The average Bonchev–Trinajstić information content (AvgIpc) is 1.68. The highest BCUT2D eigenvalue weighted by Crippen LogP contribution is 2.47. The zero-order chi connectivity index (χ0) is 92.3. The highest BCUT2D eigenvalue weighted by Gasteiger charge is 2.33. The van der Waals surface area contributed by atoms with E-state index in [9.17, 15) is 61.0 Å². The minimum atomic E-state index is -3.61. The minimum Gasteiger partial charge on any atom is -0.369 e. The minimum absolute atomic E-state index is 0.0126. The molecule has 8 heterocycles.